The fourth-order valence-corrected chi connectivity index (χ4v) is 3.30. The zero-order chi connectivity index (χ0) is 18.8. The monoisotopic (exact) mass is 364 g/mol. The molecule has 6 heteroatoms. The second-order valence-electron chi connectivity index (χ2n) is 6.70. The number of carbonyl (C=O) groups is 1. The van der Waals surface area contributed by atoms with Crippen LogP contribution in [0.5, 0.6) is 0 Å². The molecule has 0 bridgehead atoms. The highest BCUT2D eigenvalue weighted by molar-refractivity contribution is 6.05. The number of anilines is 2. The molecule has 0 atom stereocenters. The Balaban J connectivity index is 1.50. The summed E-state index contributed by atoms with van der Waals surface area (Å²) < 4.78 is 5.22. The number of fused-ring (bicyclic) bond motifs is 1. The maximum Gasteiger partial charge on any atom is 0.349 e. The predicted molar refractivity (Wildman–Crippen MR) is 104 cm³/mol. The average molecular weight is 364 g/mol. The van der Waals surface area contributed by atoms with E-state index in [1.807, 2.05) is 18.2 Å². The third-order valence-corrected chi connectivity index (χ3v) is 4.84. The predicted octanol–water partition coefficient (Wildman–Crippen LogP) is 3.01. The van der Waals surface area contributed by atoms with E-state index < -0.39 is 11.5 Å². The van der Waals surface area contributed by atoms with Crippen LogP contribution in [0.3, 0.4) is 0 Å². The van der Waals surface area contributed by atoms with Crippen molar-refractivity contribution >= 4 is 28.3 Å². The number of nitrogens with one attached hydrogen (secondary N) is 1. The molecular formula is C21H20N2O4. The van der Waals surface area contributed by atoms with Gasteiger partial charge in [-0.15, -0.1) is 0 Å². The molecule has 1 saturated heterocycles. The first-order valence-electron chi connectivity index (χ1n) is 8.97. The van der Waals surface area contributed by atoms with Gasteiger partial charge in [-0.2, -0.15) is 0 Å². The molecule has 0 unspecified atom stereocenters. The Morgan fingerprint density at radius 2 is 1.78 bits per heavy atom. The van der Waals surface area contributed by atoms with E-state index in [1.165, 1.54) is 0 Å². The smallest absolute Gasteiger partial charge is 0.349 e. The first kappa shape index (κ1) is 17.3. The number of benzene rings is 2. The molecule has 1 amide bonds. The van der Waals surface area contributed by atoms with Crippen LogP contribution in [0.15, 0.2) is 63.8 Å². The average Bonchev–Trinajstić information content (AvgIpc) is 2.68. The summed E-state index contributed by atoms with van der Waals surface area (Å²) in [5.74, 6) is -0.497. The highest BCUT2D eigenvalue weighted by Gasteiger charge is 2.18. The Labute approximate surface area is 156 Å². The number of amides is 1. The molecule has 3 aromatic rings. The summed E-state index contributed by atoms with van der Waals surface area (Å²) >= 11 is 0. The van der Waals surface area contributed by atoms with E-state index in [1.54, 1.807) is 36.4 Å². The van der Waals surface area contributed by atoms with Crippen LogP contribution in [0.1, 0.15) is 23.2 Å². The third-order valence-electron chi connectivity index (χ3n) is 4.84. The zero-order valence-corrected chi connectivity index (χ0v) is 14.7. The molecular weight excluding hydrogens is 344 g/mol. The van der Waals surface area contributed by atoms with E-state index in [2.05, 4.69) is 10.2 Å². The van der Waals surface area contributed by atoms with E-state index in [4.69, 9.17) is 4.42 Å². The number of aliphatic hydroxyl groups excluding tert-OH is 1. The largest absolute Gasteiger partial charge is 0.422 e. The van der Waals surface area contributed by atoms with E-state index in [-0.39, 0.29) is 11.7 Å². The molecule has 4 rings (SSSR count). The second kappa shape index (κ2) is 7.25. The van der Waals surface area contributed by atoms with Gasteiger partial charge in [0.1, 0.15) is 11.1 Å². The number of carbonyl (C=O) groups excluding carboxylic acids is 1. The minimum Gasteiger partial charge on any atom is -0.422 e. The number of rotatable bonds is 3. The van der Waals surface area contributed by atoms with E-state index in [0.29, 0.717) is 16.7 Å². The van der Waals surface area contributed by atoms with Crippen molar-refractivity contribution in [3.8, 4) is 0 Å². The summed E-state index contributed by atoms with van der Waals surface area (Å²) in [4.78, 5) is 26.8. The fraction of sp³-hybridized carbons (Fsp3) is 0.238. The molecule has 0 aliphatic carbocycles. The normalized spacial score (nSPS) is 15.1. The number of aliphatic hydroxyl groups is 1. The fourth-order valence-electron chi connectivity index (χ4n) is 3.30. The lowest BCUT2D eigenvalue weighted by atomic mass is 10.1. The lowest BCUT2D eigenvalue weighted by Gasteiger charge is -2.31. The van der Waals surface area contributed by atoms with Gasteiger partial charge in [-0.05, 0) is 49.2 Å². The van der Waals surface area contributed by atoms with E-state index in [9.17, 15) is 14.7 Å². The molecule has 1 fully saturated rings. The maximum atomic E-state index is 12.5. The molecule has 2 aromatic carbocycles. The maximum absolute atomic E-state index is 12.5. The quantitative estimate of drug-likeness (QED) is 0.698. The van der Waals surface area contributed by atoms with Crippen molar-refractivity contribution in [1.82, 2.24) is 0 Å². The Kier molecular flexibility index (Phi) is 4.64. The molecule has 6 nitrogen and oxygen atoms in total. The molecule has 2 heterocycles. The Morgan fingerprint density at radius 3 is 2.52 bits per heavy atom. The minimum atomic E-state index is -0.658. The van der Waals surface area contributed by atoms with Gasteiger partial charge in [0.15, 0.2) is 0 Å². The van der Waals surface area contributed by atoms with Gasteiger partial charge in [0.25, 0.3) is 5.91 Å². The molecule has 1 aromatic heterocycles. The van der Waals surface area contributed by atoms with Crippen LogP contribution in [-0.4, -0.2) is 30.2 Å². The summed E-state index contributed by atoms with van der Waals surface area (Å²) in [6.45, 7) is 1.62. The van der Waals surface area contributed by atoms with Crippen LogP contribution in [0, 0.1) is 0 Å². The van der Waals surface area contributed by atoms with Crippen molar-refractivity contribution in [3.63, 3.8) is 0 Å². The lowest BCUT2D eigenvalue weighted by Crippen LogP contribution is -2.35. The Bertz CT molecular complexity index is 1020. The number of nitrogens with zero attached hydrogens (tertiary/aromatic N) is 1. The van der Waals surface area contributed by atoms with Crippen molar-refractivity contribution in [2.75, 3.05) is 23.3 Å². The van der Waals surface area contributed by atoms with Crippen molar-refractivity contribution < 1.29 is 14.3 Å². The molecule has 0 spiro atoms. The Hall–Kier alpha value is -3.12. The van der Waals surface area contributed by atoms with Crippen molar-refractivity contribution in [3.05, 3.63) is 70.6 Å². The van der Waals surface area contributed by atoms with Gasteiger partial charge in [0.05, 0.1) is 6.10 Å². The number of piperidine rings is 1. The standard InChI is InChI=1S/C21H20N2O4/c24-17-9-11-23(12-10-17)16-7-5-15(6-8-16)22-20(25)18-13-14-3-1-2-4-19(14)27-21(18)26/h1-8,13,17,24H,9-12H2,(H,22,25). The molecule has 138 valence electrons. The van der Waals surface area contributed by atoms with Crippen molar-refractivity contribution in [2.45, 2.75) is 18.9 Å². The van der Waals surface area contributed by atoms with Gasteiger partial charge in [-0.3, -0.25) is 4.79 Å². The minimum absolute atomic E-state index is 0.0252. The molecule has 1 aliphatic rings. The second-order valence-corrected chi connectivity index (χ2v) is 6.70. The summed E-state index contributed by atoms with van der Waals surface area (Å²) in [5, 5.41) is 13.0. The van der Waals surface area contributed by atoms with Crippen LogP contribution in [-0.2, 0) is 0 Å². The van der Waals surface area contributed by atoms with Crippen molar-refractivity contribution in [1.29, 1.82) is 0 Å². The molecule has 0 radical (unpaired) electrons. The van der Waals surface area contributed by atoms with Gasteiger partial charge < -0.3 is 19.7 Å². The summed E-state index contributed by atoms with van der Waals surface area (Å²) in [7, 11) is 0. The summed E-state index contributed by atoms with van der Waals surface area (Å²) in [6.07, 6.45) is 1.31. The molecule has 2 N–H and O–H groups in total. The van der Waals surface area contributed by atoms with Gasteiger partial charge >= 0.3 is 5.63 Å². The lowest BCUT2D eigenvalue weighted by molar-refractivity contribution is 0.102. The van der Waals surface area contributed by atoms with E-state index in [0.717, 1.165) is 31.6 Å². The highest BCUT2D eigenvalue weighted by atomic mass is 16.4. The van der Waals surface area contributed by atoms with Gasteiger partial charge in [0.2, 0.25) is 0 Å². The zero-order valence-electron chi connectivity index (χ0n) is 14.7. The first-order valence-corrected chi connectivity index (χ1v) is 8.97. The molecule has 27 heavy (non-hydrogen) atoms. The van der Waals surface area contributed by atoms with Crippen LogP contribution in [0.2, 0.25) is 0 Å². The third kappa shape index (κ3) is 3.71. The number of para-hydroxylation sites is 1. The van der Waals surface area contributed by atoms with Gasteiger partial charge in [0, 0.05) is 29.9 Å². The number of hydrogen-bond donors (Lipinski definition) is 2. The molecule has 1 aliphatic heterocycles. The van der Waals surface area contributed by atoms with Gasteiger partial charge in [-0.25, -0.2) is 4.79 Å². The summed E-state index contributed by atoms with van der Waals surface area (Å²) in [6, 6.07) is 16.1. The van der Waals surface area contributed by atoms with Crippen LogP contribution in [0.25, 0.3) is 11.0 Å². The SMILES string of the molecule is O=C(Nc1ccc(N2CCC(O)CC2)cc1)c1cc2ccccc2oc1=O. The highest BCUT2D eigenvalue weighted by Crippen LogP contribution is 2.22. The van der Waals surface area contributed by atoms with E-state index >= 15 is 0 Å². The molecule has 0 saturated carbocycles. The van der Waals surface area contributed by atoms with Crippen LogP contribution in [0.4, 0.5) is 11.4 Å². The van der Waals surface area contributed by atoms with Crippen LogP contribution < -0.4 is 15.8 Å². The van der Waals surface area contributed by atoms with Gasteiger partial charge in [-0.1, -0.05) is 18.2 Å². The van der Waals surface area contributed by atoms with Crippen LogP contribution >= 0.6 is 0 Å². The van der Waals surface area contributed by atoms with Crippen molar-refractivity contribution in [2.24, 2.45) is 0 Å². The summed E-state index contributed by atoms with van der Waals surface area (Å²) in [5.41, 5.74) is 1.42. The number of hydrogen-bond acceptors (Lipinski definition) is 5. The first-order chi connectivity index (χ1) is 13.1. The Morgan fingerprint density at radius 1 is 1.07 bits per heavy atom. The topological polar surface area (TPSA) is 82.8 Å².